The molecular weight excluding hydrogens is 245 g/mol. The molecule has 1 aromatic heterocycles. The summed E-state index contributed by atoms with van der Waals surface area (Å²) in [7, 11) is -1.40. The third-order valence-electron chi connectivity index (χ3n) is 2.64. The molecule has 1 fully saturated rings. The topological polar surface area (TPSA) is 29.0 Å². The highest BCUT2D eigenvalue weighted by molar-refractivity contribution is 6.83. The van der Waals surface area contributed by atoms with Crippen molar-refractivity contribution in [1.29, 1.82) is 0 Å². The van der Waals surface area contributed by atoms with Crippen LogP contribution in [0.3, 0.4) is 0 Å². The van der Waals surface area contributed by atoms with Crippen LogP contribution < -0.4 is 4.90 Å². The van der Waals surface area contributed by atoms with Crippen molar-refractivity contribution in [2.75, 3.05) is 18.0 Å². The molecule has 5 heteroatoms. The van der Waals surface area contributed by atoms with Gasteiger partial charge in [-0.15, -0.1) is 5.54 Å². The third kappa shape index (κ3) is 3.54. The molecule has 2 rings (SSSR count). The molecule has 1 atom stereocenters. The van der Waals surface area contributed by atoms with Crippen molar-refractivity contribution in [2.24, 2.45) is 0 Å². The molecule has 0 N–H and O–H groups in total. The van der Waals surface area contributed by atoms with E-state index in [0.29, 0.717) is 25.2 Å². The van der Waals surface area contributed by atoms with E-state index in [-0.39, 0.29) is 0 Å². The van der Waals surface area contributed by atoms with Gasteiger partial charge in [0.2, 0.25) is 0 Å². The Labute approximate surface area is 108 Å². The summed E-state index contributed by atoms with van der Waals surface area (Å²) in [5.74, 6) is 3.81. The number of anilines is 1. The summed E-state index contributed by atoms with van der Waals surface area (Å²) in [5, 5.41) is 0. The van der Waals surface area contributed by atoms with Crippen molar-refractivity contribution in [1.82, 2.24) is 9.97 Å². The van der Waals surface area contributed by atoms with E-state index in [4.69, 9.17) is 0 Å². The molecular formula is C13H18FN3Si. The number of halogens is 1. The van der Waals surface area contributed by atoms with Crippen molar-refractivity contribution < 1.29 is 4.39 Å². The van der Waals surface area contributed by atoms with Crippen molar-refractivity contribution in [2.45, 2.75) is 32.2 Å². The molecule has 1 aliphatic heterocycles. The van der Waals surface area contributed by atoms with Gasteiger partial charge < -0.3 is 4.90 Å². The number of alkyl halides is 1. The molecule has 3 nitrogen and oxygen atoms in total. The van der Waals surface area contributed by atoms with Crippen molar-refractivity contribution in [3.8, 4) is 11.5 Å². The van der Waals surface area contributed by atoms with Gasteiger partial charge in [-0.1, -0.05) is 25.6 Å². The molecule has 0 spiro atoms. The van der Waals surface area contributed by atoms with E-state index in [0.717, 1.165) is 5.82 Å². The van der Waals surface area contributed by atoms with Crippen LogP contribution >= 0.6 is 0 Å². The summed E-state index contributed by atoms with van der Waals surface area (Å²) in [6.07, 6.45) is 3.17. The van der Waals surface area contributed by atoms with Gasteiger partial charge in [0, 0.05) is 6.54 Å². The van der Waals surface area contributed by atoms with Crippen LogP contribution in [0.2, 0.25) is 19.6 Å². The maximum Gasteiger partial charge on any atom is 0.148 e. The van der Waals surface area contributed by atoms with Crippen LogP contribution in [-0.4, -0.2) is 37.3 Å². The minimum Gasteiger partial charge on any atom is -0.352 e. The van der Waals surface area contributed by atoms with Crippen LogP contribution in [0.15, 0.2) is 12.4 Å². The number of nitrogens with zero attached hydrogens (tertiary/aromatic N) is 3. The second-order valence-corrected chi connectivity index (χ2v) is 10.3. The van der Waals surface area contributed by atoms with E-state index in [2.05, 4.69) is 41.1 Å². The van der Waals surface area contributed by atoms with Gasteiger partial charge in [0.05, 0.1) is 18.9 Å². The first-order chi connectivity index (χ1) is 8.44. The molecule has 1 saturated heterocycles. The lowest BCUT2D eigenvalue weighted by molar-refractivity contribution is 0.364. The van der Waals surface area contributed by atoms with Crippen LogP contribution in [0.25, 0.3) is 0 Å². The SMILES string of the molecule is C[Si](C)(C)C#Cc1cncc(N2CC[C@H](F)C2)n1. The molecule has 0 amide bonds. The first kappa shape index (κ1) is 13.0. The molecule has 1 aromatic rings. The van der Waals surface area contributed by atoms with Gasteiger partial charge in [0.25, 0.3) is 0 Å². The van der Waals surface area contributed by atoms with Crippen LogP contribution in [0.4, 0.5) is 10.2 Å². The van der Waals surface area contributed by atoms with Crippen molar-refractivity contribution in [3.05, 3.63) is 18.1 Å². The predicted molar refractivity (Wildman–Crippen MR) is 74.0 cm³/mol. The average Bonchev–Trinajstić information content (AvgIpc) is 2.73. The molecule has 96 valence electrons. The van der Waals surface area contributed by atoms with Crippen molar-refractivity contribution in [3.63, 3.8) is 0 Å². The molecule has 0 bridgehead atoms. The zero-order valence-corrected chi connectivity index (χ0v) is 12.1. The highest BCUT2D eigenvalue weighted by Gasteiger charge is 2.23. The maximum absolute atomic E-state index is 13.2. The largest absolute Gasteiger partial charge is 0.352 e. The number of aromatic nitrogens is 2. The number of rotatable bonds is 1. The standard InChI is InChI=1S/C13H18FN3Si/c1-18(2,3)7-5-12-8-15-9-13(16-12)17-6-4-11(14)10-17/h8-9,11H,4,6,10H2,1-3H3/t11-/m0/s1. The second-order valence-electron chi connectivity index (χ2n) is 5.59. The Bertz CT molecular complexity index is 487. The van der Waals surface area contributed by atoms with Crippen LogP contribution in [0.5, 0.6) is 0 Å². The summed E-state index contributed by atoms with van der Waals surface area (Å²) in [4.78, 5) is 10.5. The summed E-state index contributed by atoms with van der Waals surface area (Å²) >= 11 is 0. The fraction of sp³-hybridized carbons (Fsp3) is 0.538. The summed E-state index contributed by atoms with van der Waals surface area (Å²) in [6.45, 7) is 7.68. The fourth-order valence-electron chi connectivity index (χ4n) is 1.75. The Morgan fingerprint density at radius 1 is 1.39 bits per heavy atom. The number of hydrogen-bond acceptors (Lipinski definition) is 3. The molecule has 0 saturated carbocycles. The van der Waals surface area contributed by atoms with E-state index < -0.39 is 14.2 Å². The Hall–Kier alpha value is -1.41. The van der Waals surface area contributed by atoms with E-state index in [1.165, 1.54) is 0 Å². The average molecular weight is 263 g/mol. The van der Waals surface area contributed by atoms with Gasteiger partial charge in [-0.25, -0.2) is 9.37 Å². The van der Waals surface area contributed by atoms with Crippen molar-refractivity contribution >= 4 is 13.9 Å². The molecule has 0 unspecified atom stereocenters. The minimum atomic E-state index is -1.40. The quantitative estimate of drug-likeness (QED) is 0.575. The van der Waals surface area contributed by atoms with E-state index in [9.17, 15) is 4.39 Å². The van der Waals surface area contributed by atoms with Crippen LogP contribution in [0.1, 0.15) is 12.1 Å². The molecule has 0 radical (unpaired) electrons. The zero-order chi connectivity index (χ0) is 13.2. The summed E-state index contributed by atoms with van der Waals surface area (Å²) in [5.41, 5.74) is 3.94. The second kappa shape index (κ2) is 5.07. The molecule has 1 aliphatic rings. The lowest BCUT2D eigenvalue weighted by Gasteiger charge is -2.15. The summed E-state index contributed by atoms with van der Waals surface area (Å²) in [6, 6.07) is 0. The van der Waals surface area contributed by atoms with Gasteiger partial charge >= 0.3 is 0 Å². The maximum atomic E-state index is 13.2. The smallest absolute Gasteiger partial charge is 0.148 e. The van der Waals surface area contributed by atoms with Crippen LogP contribution in [-0.2, 0) is 0 Å². The van der Waals surface area contributed by atoms with Gasteiger partial charge in [-0.3, -0.25) is 4.98 Å². The van der Waals surface area contributed by atoms with E-state index in [1.807, 2.05) is 4.90 Å². The van der Waals surface area contributed by atoms with Crippen LogP contribution in [0, 0.1) is 11.5 Å². The highest BCUT2D eigenvalue weighted by atomic mass is 28.3. The molecule has 0 aromatic carbocycles. The number of hydrogen-bond donors (Lipinski definition) is 0. The monoisotopic (exact) mass is 263 g/mol. The lowest BCUT2D eigenvalue weighted by Crippen LogP contribution is -2.21. The summed E-state index contributed by atoms with van der Waals surface area (Å²) < 4.78 is 13.2. The van der Waals surface area contributed by atoms with Gasteiger partial charge in [-0.05, 0) is 6.42 Å². The Balaban J connectivity index is 2.17. The Morgan fingerprint density at radius 3 is 2.78 bits per heavy atom. The third-order valence-corrected chi connectivity index (χ3v) is 3.52. The first-order valence-corrected chi connectivity index (χ1v) is 9.68. The first-order valence-electron chi connectivity index (χ1n) is 6.18. The van der Waals surface area contributed by atoms with Gasteiger partial charge in [0.1, 0.15) is 25.8 Å². The van der Waals surface area contributed by atoms with E-state index >= 15 is 0 Å². The lowest BCUT2D eigenvalue weighted by atomic mass is 10.3. The fourth-order valence-corrected chi connectivity index (χ4v) is 2.25. The van der Waals surface area contributed by atoms with Gasteiger partial charge in [-0.2, -0.15) is 0 Å². The highest BCUT2D eigenvalue weighted by Crippen LogP contribution is 2.18. The van der Waals surface area contributed by atoms with Gasteiger partial charge in [0.15, 0.2) is 0 Å². The van der Waals surface area contributed by atoms with E-state index in [1.54, 1.807) is 12.4 Å². The zero-order valence-electron chi connectivity index (χ0n) is 11.1. The molecule has 18 heavy (non-hydrogen) atoms. The predicted octanol–water partition coefficient (Wildman–Crippen LogP) is 2.25. The Kier molecular flexibility index (Phi) is 3.67. The molecule has 0 aliphatic carbocycles. The molecule has 2 heterocycles. The Morgan fingerprint density at radius 2 is 2.17 bits per heavy atom. The normalized spacial score (nSPS) is 19.6. The minimum absolute atomic E-state index is 0.416.